The second-order valence-corrected chi connectivity index (χ2v) is 10.1. The van der Waals surface area contributed by atoms with Crippen molar-refractivity contribution in [2.24, 2.45) is 11.8 Å². The predicted octanol–water partition coefficient (Wildman–Crippen LogP) is 2.87. The van der Waals surface area contributed by atoms with Gasteiger partial charge in [-0.05, 0) is 56.4 Å². The van der Waals surface area contributed by atoms with E-state index in [-0.39, 0.29) is 31.6 Å². The molecule has 0 aromatic heterocycles. The van der Waals surface area contributed by atoms with Crippen LogP contribution in [0.4, 0.5) is 5.69 Å². The van der Waals surface area contributed by atoms with Gasteiger partial charge in [-0.2, -0.15) is 0 Å². The number of allylic oxidation sites excluding steroid dienone is 1. The monoisotopic (exact) mass is 526 g/mol. The van der Waals surface area contributed by atoms with Gasteiger partial charge in [-0.1, -0.05) is 19.1 Å². The molecule has 0 radical (unpaired) electrons. The van der Waals surface area contributed by atoms with E-state index in [2.05, 4.69) is 13.2 Å². The lowest BCUT2D eigenvalue weighted by molar-refractivity contribution is -0.155. The number of ether oxygens (including phenoxy) is 3. The first-order valence-corrected chi connectivity index (χ1v) is 13.3. The Morgan fingerprint density at radius 1 is 1.29 bits per heavy atom. The minimum Gasteiger partial charge on any atom is -0.497 e. The maximum Gasteiger partial charge on any atom is 0.312 e. The van der Waals surface area contributed by atoms with Gasteiger partial charge in [0.05, 0.1) is 44.3 Å². The van der Waals surface area contributed by atoms with Crippen molar-refractivity contribution >= 4 is 23.5 Å². The van der Waals surface area contributed by atoms with Gasteiger partial charge in [-0.15, -0.1) is 13.2 Å². The van der Waals surface area contributed by atoms with Crippen molar-refractivity contribution in [2.75, 3.05) is 31.8 Å². The maximum atomic E-state index is 14.4. The lowest BCUT2D eigenvalue weighted by atomic mass is 9.70. The number of carbonyl (C=O) groups is 3. The molecule has 1 spiro atoms. The normalized spacial score (nSPS) is 28.1. The minimum absolute atomic E-state index is 0.207. The molecule has 3 heterocycles. The number of anilines is 1. The van der Waals surface area contributed by atoms with Gasteiger partial charge in [-0.3, -0.25) is 14.4 Å². The van der Waals surface area contributed by atoms with Crippen LogP contribution in [0.15, 0.2) is 49.6 Å². The summed E-state index contributed by atoms with van der Waals surface area (Å²) in [4.78, 5) is 44.7. The molecule has 2 unspecified atom stereocenters. The Balaban J connectivity index is 1.72. The van der Waals surface area contributed by atoms with Gasteiger partial charge in [0, 0.05) is 12.2 Å². The number of fused-ring (bicyclic) bond motifs is 1. The SMILES string of the molecule is C=CCCCOC(=O)[C@@H]1[C@H]2C(=O)N([C@@H](CC)CO)C(C(=O)N(CC=C)c3ccc(OC)cc3)C23CC[C@H]1O3. The van der Waals surface area contributed by atoms with E-state index in [0.29, 0.717) is 43.5 Å². The third-order valence-electron chi connectivity index (χ3n) is 8.08. The zero-order chi connectivity index (χ0) is 27.4. The highest BCUT2D eigenvalue weighted by Gasteiger charge is 2.75. The summed E-state index contributed by atoms with van der Waals surface area (Å²) in [6.07, 6.45) is 5.71. The van der Waals surface area contributed by atoms with Crippen LogP contribution in [-0.2, 0) is 23.9 Å². The standard InChI is InChI=1S/C29H38N2O7/c1-5-8-9-17-37-28(35)23-22-14-15-29(38-22)24(23)26(33)31(19(7-3)18-32)25(29)27(34)30(16-6-2)20-10-12-21(36-4)13-11-20/h5-6,10-13,19,22-25,32H,1-2,7-9,14-18H2,3-4H3/t19-,22+,23-,24-,25?,29?/m0/s1. The molecule has 0 saturated carbocycles. The fourth-order valence-electron chi connectivity index (χ4n) is 6.30. The Morgan fingerprint density at radius 2 is 2.03 bits per heavy atom. The van der Waals surface area contributed by atoms with Gasteiger partial charge in [0.25, 0.3) is 5.91 Å². The number of benzene rings is 1. The largest absolute Gasteiger partial charge is 0.497 e. The number of carbonyl (C=O) groups excluding carboxylic acids is 3. The first-order chi connectivity index (χ1) is 18.4. The first-order valence-electron chi connectivity index (χ1n) is 13.3. The molecule has 9 heteroatoms. The molecule has 3 aliphatic heterocycles. The molecule has 4 rings (SSSR count). The molecule has 0 aliphatic carbocycles. The number of nitrogens with zero attached hydrogens (tertiary/aromatic N) is 2. The summed E-state index contributed by atoms with van der Waals surface area (Å²) in [5, 5.41) is 10.2. The van der Waals surface area contributed by atoms with Crippen molar-refractivity contribution in [3.05, 3.63) is 49.6 Å². The Labute approximate surface area is 224 Å². The molecule has 3 aliphatic rings. The van der Waals surface area contributed by atoms with Gasteiger partial charge in [0.2, 0.25) is 5.91 Å². The summed E-state index contributed by atoms with van der Waals surface area (Å²) in [6.45, 7) is 9.49. The van der Waals surface area contributed by atoms with Gasteiger partial charge < -0.3 is 29.1 Å². The summed E-state index contributed by atoms with van der Waals surface area (Å²) in [7, 11) is 1.57. The van der Waals surface area contributed by atoms with E-state index in [1.54, 1.807) is 48.4 Å². The van der Waals surface area contributed by atoms with Crippen LogP contribution in [0.2, 0.25) is 0 Å². The third kappa shape index (κ3) is 4.62. The number of unbranched alkanes of at least 4 members (excludes halogenated alkanes) is 1. The summed E-state index contributed by atoms with van der Waals surface area (Å²) in [6, 6.07) is 5.48. The Hall–Kier alpha value is -3.17. The molecule has 2 bridgehead atoms. The molecular formula is C29H38N2O7. The topological polar surface area (TPSA) is 106 Å². The van der Waals surface area contributed by atoms with Crippen LogP contribution in [0.25, 0.3) is 0 Å². The molecule has 3 saturated heterocycles. The van der Waals surface area contributed by atoms with Gasteiger partial charge >= 0.3 is 5.97 Å². The Kier molecular flexibility index (Phi) is 8.57. The fraction of sp³-hybridized carbons (Fsp3) is 0.552. The number of aliphatic hydroxyl groups excluding tert-OH is 1. The smallest absolute Gasteiger partial charge is 0.312 e. The van der Waals surface area contributed by atoms with E-state index in [9.17, 15) is 19.5 Å². The Morgan fingerprint density at radius 3 is 2.63 bits per heavy atom. The first kappa shape index (κ1) is 27.9. The summed E-state index contributed by atoms with van der Waals surface area (Å²) in [5.41, 5.74) is -0.552. The van der Waals surface area contributed by atoms with Crippen LogP contribution in [-0.4, -0.2) is 78.4 Å². The second kappa shape index (κ2) is 11.7. The highest BCUT2D eigenvalue weighted by molar-refractivity contribution is 6.04. The highest BCUT2D eigenvalue weighted by atomic mass is 16.6. The van der Waals surface area contributed by atoms with Crippen molar-refractivity contribution in [2.45, 2.75) is 62.8 Å². The predicted molar refractivity (Wildman–Crippen MR) is 142 cm³/mol. The number of hydrogen-bond donors (Lipinski definition) is 1. The van der Waals surface area contributed by atoms with E-state index in [1.807, 2.05) is 6.92 Å². The number of methoxy groups -OCH3 is 1. The number of hydrogen-bond acceptors (Lipinski definition) is 7. The molecule has 9 nitrogen and oxygen atoms in total. The number of esters is 1. The fourth-order valence-corrected chi connectivity index (χ4v) is 6.30. The molecule has 206 valence electrons. The number of amides is 2. The quantitative estimate of drug-likeness (QED) is 0.239. The van der Waals surface area contributed by atoms with Crippen LogP contribution in [0, 0.1) is 11.8 Å². The molecular weight excluding hydrogens is 488 g/mol. The van der Waals surface area contributed by atoms with Crippen LogP contribution in [0.5, 0.6) is 5.75 Å². The van der Waals surface area contributed by atoms with E-state index in [4.69, 9.17) is 14.2 Å². The summed E-state index contributed by atoms with van der Waals surface area (Å²) in [5.74, 6) is -2.13. The van der Waals surface area contributed by atoms with Crippen LogP contribution < -0.4 is 9.64 Å². The van der Waals surface area contributed by atoms with Crippen molar-refractivity contribution in [3.8, 4) is 5.75 Å². The zero-order valence-corrected chi connectivity index (χ0v) is 22.2. The number of likely N-dealkylation sites (tertiary alicyclic amines) is 1. The minimum atomic E-state index is -1.17. The zero-order valence-electron chi connectivity index (χ0n) is 22.2. The molecule has 3 fully saturated rings. The van der Waals surface area contributed by atoms with Crippen molar-refractivity contribution < 1.29 is 33.7 Å². The van der Waals surface area contributed by atoms with Crippen LogP contribution >= 0.6 is 0 Å². The number of rotatable bonds is 13. The average molecular weight is 527 g/mol. The van der Waals surface area contributed by atoms with Gasteiger partial charge in [0.15, 0.2) is 0 Å². The van der Waals surface area contributed by atoms with E-state index < -0.39 is 41.6 Å². The van der Waals surface area contributed by atoms with E-state index >= 15 is 0 Å². The number of aliphatic hydroxyl groups is 1. The van der Waals surface area contributed by atoms with Crippen LogP contribution in [0.3, 0.4) is 0 Å². The highest BCUT2D eigenvalue weighted by Crippen LogP contribution is 2.59. The molecule has 38 heavy (non-hydrogen) atoms. The summed E-state index contributed by atoms with van der Waals surface area (Å²) < 4.78 is 17.3. The second-order valence-electron chi connectivity index (χ2n) is 10.1. The lowest BCUT2D eigenvalue weighted by Gasteiger charge is -2.39. The molecule has 6 atom stereocenters. The van der Waals surface area contributed by atoms with Gasteiger partial charge in [-0.25, -0.2) is 0 Å². The summed E-state index contributed by atoms with van der Waals surface area (Å²) >= 11 is 0. The van der Waals surface area contributed by atoms with Crippen molar-refractivity contribution in [3.63, 3.8) is 0 Å². The average Bonchev–Trinajstić information content (AvgIpc) is 3.58. The van der Waals surface area contributed by atoms with Crippen molar-refractivity contribution in [1.29, 1.82) is 0 Å². The lowest BCUT2D eigenvalue weighted by Crippen LogP contribution is -2.59. The molecule has 1 N–H and O–H groups in total. The molecule has 2 amide bonds. The van der Waals surface area contributed by atoms with Gasteiger partial charge in [0.1, 0.15) is 17.4 Å². The van der Waals surface area contributed by atoms with E-state index in [1.165, 1.54) is 4.90 Å². The Bertz CT molecular complexity index is 1050. The van der Waals surface area contributed by atoms with E-state index in [0.717, 1.165) is 0 Å². The van der Waals surface area contributed by atoms with Crippen molar-refractivity contribution in [1.82, 2.24) is 4.90 Å². The maximum absolute atomic E-state index is 14.4. The third-order valence-corrected chi connectivity index (χ3v) is 8.08. The van der Waals surface area contributed by atoms with Crippen LogP contribution in [0.1, 0.15) is 39.0 Å². The molecule has 1 aromatic rings. The molecule has 1 aromatic carbocycles.